The van der Waals surface area contributed by atoms with Crippen molar-refractivity contribution in [3.05, 3.63) is 46.4 Å². The molecule has 3 rings (SSSR count). The Balaban J connectivity index is 2.07. The number of Topliss-reactive ketones (excluding diaryl/α,β-unsaturated/α-hetero) is 2. The van der Waals surface area contributed by atoms with Gasteiger partial charge in [-0.3, -0.25) is 9.59 Å². The SMILES string of the molecule is CCc1ccc(Oc2cc(Cl)nc(C)n2)cc1C1C(=O)C(C)(C)OC(C)(C)C1=O. The van der Waals surface area contributed by atoms with E-state index < -0.39 is 17.1 Å². The van der Waals surface area contributed by atoms with Gasteiger partial charge in [0.25, 0.3) is 0 Å². The summed E-state index contributed by atoms with van der Waals surface area (Å²) in [5.74, 6) is -0.180. The van der Waals surface area contributed by atoms with E-state index in [1.165, 1.54) is 6.07 Å². The Morgan fingerprint density at radius 2 is 1.69 bits per heavy atom. The van der Waals surface area contributed by atoms with Gasteiger partial charge in [-0.25, -0.2) is 4.98 Å². The minimum Gasteiger partial charge on any atom is -0.439 e. The molecule has 1 fully saturated rings. The Kier molecular flexibility index (Phi) is 5.54. The monoisotopic (exact) mass is 416 g/mol. The average molecular weight is 417 g/mol. The maximum Gasteiger partial charge on any atom is 0.224 e. The van der Waals surface area contributed by atoms with E-state index in [0.717, 1.165) is 5.56 Å². The summed E-state index contributed by atoms with van der Waals surface area (Å²) in [6, 6.07) is 6.91. The van der Waals surface area contributed by atoms with E-state index >= 15 is 0 Å². The van der Waals surface area contributed by atoms with Crippen LogP contribution in [0.1, 0.15) is 57.5 Å². The lowest BCUT2D eigenvalue weighted by Crippen LogP contribution is -2.58. The van der Waals surface area contributed by atoms with Gasteiger partial charge in [-0.15, -0.1) is 0 Å². The predicted molar refractivity (Wildman–Crippen MR) is 110 cm³/mol. The molecule has 6 nitrogen and oxygen atoms in total. The van der Waals surface area contributed by atoms with Gasteiger partial charge in [0.1, 0.15) is 33.8 Å². The van der Waals surface area contributed by atoms with E-state index in [1.54, 1.807) is 46.8 Å². The summed E-state index contributed by atoms with van der Waals surface area (Å²) in [6.07, 6.45) is 0.673. The number of ketones is 2. The van der Waals surface area contributed by atoms with Crippen LogP contribution in [-0.2, 0) is 20.7 Å². The third-order valence-electron chi connectivity index (χ3n) is 5.04. The second-order valence-electron chi connectivity index (χ2n) is 8.18. The number of carbonyl (C=O) groups is 2. The molecule has 0 bridgehead atoms. The summed E-state index contributed by atoms with van der Waals surface area (Å²) in [6.45, 7) is 10.5. The number of nitrogens with zero attached hydrogens (tertiary/aromatic N) is 2. The van der Waals surface area contributed by atoms with E-state index in [-0.39, 0.29) is 16.7 Å². The fraction of sp³-hybridized carbons (Fsp3) is 0.455. The molecule has 0 spiro atoms. The first-order valence-electron chi connectivity index (χ1n) is 9.55. The topological polar surface area (TPSA) is 78.4 Å². The van der Waals surface area contributed by atoms with Crippen molar-refractivity contribution in [1.29, 1.82) is 0 Å². The minimum atomic E-state index is -1.07. The molecule has 1 aromatic heterocycles. The number of rotatable bonds is 4. The highest BCUT2D eigenvalue weighted by Gasteiger charge is 2.53. The first-order chi connectivity index (χ1) is 13.4. The normalized spacial score (nSPS) is 18.7. The van der Waals surface area contributed by atoms with Crippen molar-refractivity contribution in [2.45, 2.75) is 65.1 Å². The largest absolute Gasteiger partial charge is 0.439 e. The fourth-order valence-electron chi connectivity index (χ4n) is 3.74. The van der Waals surface area contributed by atoms with Gasteiger partial charge in [-0.2, -0.15) is 4.98 Å². The molecule has 0 radical (unpaired) electrons. The van der Waals surface area contributed by atoms with Gasteiger partial charge < -0.3 is 9.47 Å². The number of benzene rings is 1. The van der Waals surface area contributed by atoms with Crippen molar-refractivity contribution in [3.8, 4) is 11.6 Å². The highest BCUT2D eigenvalue weighted by molar-refractivity contribution is 6.29. The third-order valence-corrected chi connectivity index (χ3v) is 5.23. The molecule has 0 unspecified atom stereocenters. The number of ether oxygens (including phenoxy) is 2. The molecule has 1 aliphatic heterocycles. The Morgan fingerprint density at radius 3 is 2.24 bits per heavy atom. The molecular formula is C22H25ClN2O4. The molecule has 1 aliphatic rings. The number of halogens is 1. The molecule has 2 aromatic rings. The first-order valence-corrected chi connectivity index (χ1v) is 9.93. The Bertz CT molecular complexity index is 939. The molecule has 0 N–H and O–H groups in total. The number of hydrogen-bond donors (Lipinski definition) is 0. The molecule has 0 atom stereocenters. The summed E-state index contributed by atoms with van der Waals surface area (Å²) in [7, 11) is 0. The van der Waals surface area contributed by atoms with Gasteiger partial charge in [-0.1, -0.05) is 24.6 Å². The van der Waals surface area contributed by atoms with E-state index in [1.807, 2.05) is 13.0 Å². The summed E-state index contributed by atoms with van der Waals surface area (Å²) < 4.78 is 11.7. The molecule has 0 saturated carbocycles. The number of aromatic nitrogens is 2. The molecule has 1 saturated heterocycles. The zero-order valence-corrected chi connectivity index (χ0v) is 18.3. The van der Waals surface area contributed by atoms with Crippen LogP contribution in [0.2, 0.25) is 5.15 Å². The molecular weight excluding hydrogens is 392 g/mol. The lowest BCUT2D eigenvalue weighted by Gasteiger charge is -2.43. The van der Waals surface area contributed by atoms with Crippen LogP contribution in [0.15, 0.2) is 24.3 Å². The standard InChI is InChI=1S/C22H25ClN2O4/c1-7-13-8-9-14(28-17-11-16(23)24-12(2)25-17)10-15(13)18-19(26)21(3,4)29-22(5,6)20(18)27/h8-11,18H,7H2,1-6H3. The van der Waals surface area contributed by atoms with Gasteiger partial charge in [0.05, 0.1) is 0 Å². The first kappa shape index (κ1) is 21.4. The van der Waals surface area contributed by atoms with E-state index in [9.17, 15) is 9.59 Å². The Hall–Kier alpha value is -2.31. The fourth-order valence-corrected chi connectivity index (χ4v) is 3.96. The minimum absolute atomic E-state index is 0.255. The second kappa shape index (κ2) is 7.50. The maximum absolute atomic E-state index is 13.1. The molecule has 1 aromatic carbocycles. The van der Waals surface area contributed by atoms with E-state index in [4.69, 9.17) is 21.1 Å². The van der Waals surface area contributed by atoms with Crippen LogP contribution in [0.25, 0.3) is 0 Å². The molecule has 29 heavy (non-hydrogen) atoms. The van der Waals surface area contributed by atoms with Gasteiger partial charge in [0, 0.05) is 6.07 Å². The second-order valence-corrected chi connectivity index (χ2v) is 8.56. The zero-order chi connectivity index (χ0) is 21.6. The van der Waals surface area contributed by atoms with Crippen molar-refractivity contribution in [2.75, 3.05) is 0 Å². The van der Waals surface area contributed by atoms with E-state index in [2.05, 4.69) is 9.97 Å². The van der Waals surface area contributed by atoms with Crippen LogP contribution in [0.5, 0.6) is 11.6 Å². The summed E-state index contributed by atoms with van der Waals surface area (Å²) in [5, 5.41) is 0.274. The van der Waals surface area contributed by atoms with Crippen molar-refractivity contribution in [2.24, 2.45) is 0 Å². The van der Waals surface area contributed by atoms with Crippen LogP contribution >= 0.6 is 11.6 Å². The summed E-state index contributed by atoms with van der Waals surface area (Å²) in [4.78, 5) is 34.5. The highest BCUT2D eigenvalue weighted by atomic mass is 35.5. The van der Waals surface area contributed by atoms with E-state index in [0.29, 0.717) is 29.4 Å². The Morgan fingerprint density at radius 1 is 1.07 bits per heavy atom. The number of aryl methyl sites for hydroxylation is 2. The van der Waals surface area contributed by atoms with Gasteiger partial charge in [-0.05, 0) is 64.3 Å². The van der Waals surface area contributed by atoms with Crippen LogP contribution in [-0.4, -0.2) is 32.7 Å². The quantitative estimate of drug-likeness (QED) is 0.535. The van der Waals surface area contributed by atoms with Crippen molar-refractivity contribution in [3.63, 3.8) is 0 Å². The van der Waals surface area contributed by atoms with Crippen molar-refractivity contribution in [1.82, 2.24) is 9.97 Å². The van der Waals surface area contributed by atoms with Crippen LogP contribution in [0, 0.1) is 6.92 Å². The molecule has 0 aliphatic carbocycles. The average Bonchev–Trinajstić information content (AvgIpc) is 2.59. The van der Waals surface area contributed by atoms with Gasteiger partial charge in [0.2, 0.25) is 5.88 Å². The van der Waals surface area contributed by atoms with Crippen LogP contribution in [0.4, 0.5) is 0 Å². The lowest BCUT2D eigenvalue weighted by molar-refractivity contribution is -0.184. The highest BCUT2D eigenvalue weighted by Crippen LogP contribution is 2.40. The molecule has 7 heteroatoms. The molecule has 2 heterocycles. The van der Waals surface area contributed by atoms with Crippen LogP contribution < -0.4 is 4.74 Å². The van der Waals surface area contributed by atoms with Crippen molar-refractivity contribution < 1.29 is 19.1 Å². The zero-order valence-electron chi connectivity index (χ0n) is 17.5. The lowest BCUT2D eigenvalue weighted by atomic mass is 9.73. The predicted octanol–water partition coefficient (Wildman–Crippen LogP) is 4.60. The molecule has 154 valence electrons. The van der Waals surface area contributed by atoms with Gasteiger partial charge >= 0.3 is 0 Å². The van der Waals surface area contributed by atoms with Crippen LogP contribution in [0.3, 0.4) is 0 Å². The molecule has 0 amide bonds. The maximum atomic E-state index is 13.1. The van der Waals surface area contributed by atoms with Gasteiger partial charge in [0.15, 0.2) is 11.6 Å². The smallest absolute Gasteiger partial charge is 0.224 e. The number of hydrogen-bond acceptors (Lipinski definition) is 6. The summed E-state index contributed by atoms with van der Waals surface area (Å²) in [5.41, 5.74) is -0.585. The number of carbonyl (C=O) groups excluding carboxylic acids is 2. The third kappa shape index (κ3) is 4.19. The Labute approximate surface area is 175 Å². The van der Waals surface area contributed by atoms with Crippen molar-refractivity contribution >= 4 is 23.2 Å². The summed E-state index contributed by atoms with van der Waals surface area (Å²) >= 11 is 5.98.